The number of amides is 1. The zero-order valence-corrected chi connectivity index (χ0v) is 10.9. The predicted molar refractivity (Wildman–Crippen MR) is 62.4 cm³/mol. The predicted octanol–water partition coefficient (Wildman–Crippen LogP) is 1.62. The lowest BCUT2D eigenvalue weighted by molar-refractivity contribution is -0.185. The number of alkyl halides is 3. The minimum atomic E-state index is -4.43. The van der Waals surface area contributed by atoms with Crippen molar-refractivity contribution in [1.29, 1.82) is 0 Å². The first-order valence-corrected chi connectivity index (χ1v) is 6.42. The number of hydrogen-bond donors (Lipinski definition) is 2. The van der Waals surface area contributed by atoms with Gasteiger partial charge in [0, 0.05) is 6.54 Å². The first-order chi connectivity index (χ1) is 8.78. The molecule has 4 nitrogen and oxygen atoms in total. The van der Waals surface area contributed by atoms with Crippen molar-refractivity contribution >= 4 is 5.91 Å². The zero-order chi connectivity index (χ0) is 14.5. The summed E-state index contributed by atoms with van der Waals surface area (Å²) in [4.78, 5) is 11.5. The summed E-state index contributed by atoms with van der Waals surface area (Å²) in [7, 11) is 0. The van der Waals surface area contributed by atoms with Crippen LogP contribution in [0.5, 0.6) is 0 Å². The molecule has 1 rings (SSSR count). The number of carbonyl (C=O) groups is 1. The molecule has 1 aliphatic rings. The van der Waals surface area contributed by atoms with Gasteiger partial charge < -0.3 is 15.2 Å². The van der Waals surface area contributed by atoms with Crippen molar-refractivity contribution in [2.75, 3.05) is 13.2 Å². The van der Waals surface area contributed by atoms with Crippen LogP contribution in [0, 0.1) is 5.92 Å². The molecular weight excluding hydrogens is 263 g/mol. The van der Waals surface area contributed by atoms with E-state index in [9.17, 15) is 23.1 Å². The number of halogens is 3. The Balaban J connectivity index is 2.22. The van der Waals surface area contributed by atoms with Crippen molar-refractivity contribution in [1.82, 2.24) is 5.32 Å². The van der Waals surface area contributed by atoms with Crippen molar-refractivity contribution in [2.45, 2.75) is 51.0 Å². The molecule has 2 N–H and O–H groups in total. The molecule has 1 saturated carbocycles. The summed E-state index contributed by atoms with van der Waals surface area (Å²) in [6, 6.07) is 0. The smallest absolute Gasteiger partial charge is 0.393 e. The molecule has 7 heteroatoms. The molecule has 3 atom stereocenters. The highest BCUT2D eigenvalue weighted by Crippen LogP contribution is 2.23. The lowest BCUT2D eigenvalue weighted by atomic mass is 9.87. The highest BCUT2D eigenvalue weighted by molar-refractivity contribution is 5.80. The maximum Gasteiger partial charge on any atom is 0.411 e. The van der Waals surface area contributed by atoms with Gasteiger partial charge in [0.15, 0.2) is 0 Å². The third-order valence-electron chi connectivity index (χ3n) is 3.19. The van der Waals surface area contributed by atoms with Crippen LogP contribution in [0.4, 0.5) is 13.2 Å². The van der Waals surface area contributed by atoms with E-state index >= 15 is 0 Å². The lowest BCUT2D eigenvalue weighted by Crippen LogP contribution is -2.40. The molecule has 0 aliphatic heterocycles. The average Bonchev–Trinajstić information content (AvgIpc) is 2.32. The Morgan fingerprint density at radius 2 is 2.16 bits per heavy atom. The topological polar surface area (TPSA) is 58.6 Å². The van der Waals surface area contributed by atoms with Crippen LogP contribution in [0.2, 0.25) is 0 Å². The van der Waals surface area contributed by atoms with E-state index in [1.807, 2.05) is 0 Å². The Labute approximate surface area is 110 Å². The molecule has 0 aromatic rings. The molecule has 0 aromatic carbocycles. The Hall–Kier alpha value is -0.820. The Morgan fingerprint density at radius 3 is 2.74 bits per heavy atom. The Kier molecular flexibility index (Phi) is 6.06. The van der Waals surface area contributed by atoms with Gasteiger partial charge in [0.25, 0.3) is 0 Å². The van der Waals surface area contributed by atoms with Gasteiger partial charge in [0.05, 0.1) is 6.10 Å². The average molecular weight is 283 g/mol. The van der Waals surface area contributed by atoms with Gasteiger partial charge in [-0.3, -0.25) is 4.79 Å². The van der Waals surface area contributed by atoms with Gasteiger partial charge in [-0.1, -0.05) is 6.42 Å². The quantitative estimate of drug-likeness (QED) is 0.806. The Bertz CT molecular complexity index is 296. The van der Waals surface area contributed by atoms with E-state index in [0.29, 0.717) is 13.0 Å². The van der Waals surface area contributed by atoms with Gasteiger partial charge in [-0.05, 0) is 32.1 Å². The number of carbonyl (C=O) groups excluding carboxylic acids is 1. The van der Waals surface area contributed by atoms with E-state index in [4.69, 9.17) is 0 Å². The largest absolute Gasteiger partial charge is 0.411 e. The molecule has 3 unspecified atom stereocenters. The molecule has 0 radical (unpaired) electrons. The van der Waals surface area contributed by atoms with Gasteiger partial charge in [-0.25, -0.2) is 0 Å². The summed E-state index contributed by atoms with van der Waals surface area (Å²) in [6.07, 6.45) is -2.68. The van der Waals surface area contributed by atoms with Gasteiger partial charge in [-0.15, -0.1) is 0 Å². The van der Waals surface area contributed by atoms with E-state index < -0.39 is 24.8 Å². The summed E-state index contributed by atoms with van der Waals surface area (Å²) in [5.41, 5.74) is 0. The normalized spacial score (nSPS) is 25.9. The molecule has 112 valence electrons. The van der Waals surface area contributed by atoms with Crippen LogP contribution in [0.3, 0.4) is 0 Å². The summed E-state index contributed by atoms with van der Waals surface area (Å²) < 4.78 is 40.2. The SMILES string of the molecule is CC(OCC(F)(F)F)C(=O)NCC1CCCC(O)C1. The maximum atomic E-state index is 11.9. The number of rotatable bonds is 5. The van der Waals surface area contributed by atoms with E-state index in [-0.39, 0.29) is 12.0 Å². The fourth-order valence-electron chi connectivity index (χ4n) is 2.13. The second kappa shape index (κ2) is 7.09. The van der Waals surface area contributed by atoms with E-state index in [1.54, 1.807) is 0 Å². The molecular formula is C12H20F3NO3. The number of hydrogen-bond acceptors (Lipinski definition) is 3. The summed E-state index contributed by atoms with van der Waals surface area (Å²) >= 11 is 0. The van der Waals surface area contributed by atoms with Crippen LogP contribution >= 0.6 is 0 Å². The van der Waals surface area contributed by atoms with E-state index in [1.165, 1.54) is 6.92 Å². The molecule has 0 spiro atoms. The second-order valence-corrected chi connectivity index (χ2v) is 5.00. The van der Waals surface area contributed by atoms with Crippen LogP contribution in [0.25, 0.3) is 0 Å². The summed E-state index contributed by atoms with van der Waals surface area (Å²) in [6.45, 7) is 0.232. The van der Waals surface area contributed by atoms with Crippen molar-refractivity contribution < 1.29 is 27.8 Å². The van der Waals surface area contributed by atoms with Crippen molar-refractivity contribution in [2.24, 2.45) is 5.92 Å². The zero-order valence-electron chi connectivity index (χ0n) is 10.9. The van der Waals surface area contributed by atoms with Crippen molar-refractivity contribution in [3.63, 3.8) is 0 Å². The summed E-state index contributed by atoms with van der Waals surface area (Å²) in [5.74, 6) is -0.369. The lowest BCUT2D eigenvalue weighted by Gasteiger charge is -2.26. The number of ether oxygens (including phenoxy) is 1. The first-order valence-electron chi connectivity index (χ1n) is 6.42. The second-order valence-electron chi connectivity index (χ2n) is 5.00. The molecule has 1 aliphatic carbocycles. The van der Waals surface area contributed by atoms with Crippen molar-refractivity contribution in [3.8, 4) is 0 Å². The van der Waals surface area contributed by atoms with Crippen LogP contribution in [0.15, 0.2) is 0 Å². The molecule has 0 saturated heterocycles. The third kappa shape index (κ3) is 6.77. The standard InChI is InChI=1S/C12H20F3NO3/c1-8(19-7-12(13,14)15)11(18)16-6-9-3-2-4-10(17)5-9/h8-10,17H,2-7H2,1H3,(H,16,18). The number of nitrogens with one attached hydrogen (secondary N) is 1. The monoisotopic (exact) mass is 283 g/mol. The van der Waals surface area contributed by atoms with Gasteiger partial charge in [0.2, 0.25) is 5.91 Å². The summed E-state index contributed by atoms with van der Waals surface area (Å²) in [5, 5.41) is 12.0. The van der Waals surface area contributed by atoms with Crippen LogP contribution in [0.1, 0.15) is 32.6 Å². The minimum Gasteiger partial charge on any atom is -0.393 e. The van der Waals surface area contributed by atoms with Crippen molar-refractivity contribution in [3.05, 3.63) is 0 Å². The third-order valence-corrected chi connectivity index (χ3v) is 3.19. The fraction of sp³-hybridized carbons (Fsp3) is 0.917. The van der Waals surface area contributed by atoms with E-state index in [2.05, 4.69) is 10.1 Å². The molecule has 1 amide bonds. The highest BCUT2D eigenvalue weighted by Gasteiger charge is 2.30. The minimum absolute atomic E-state index is 0.183. The van der Waals surface area contributed by atoms with Gasteiger partial charge in [0.1, 0.15) is 12.7 Å². The number of aliphatic hydroxyl groups excluding tert-OH is 1. The molecule has 19 heavy (non-hydrogen) atoms. The van der Waals surface area contributed by atoms with Gasteiger partial charge in [-0.2, -0.15) is 13.2 Å². The van der Waals surface area contributed by atoms with Crippen LogP contribution in [-0.4, -0.2) is 42.5 Å². The molecule has 1 fully saturated rings. The maximum absolute atomic E-state index is 11.9. The Morgan fingerprint density at radius 1 is 1.47 bits per heavy atom. The molecule has 0 aromatic heterocycles. The molecule has 0 heterocycles. The first kappa shape index (κ1) is 16.2. The fourth-order valence-corrected chi connectivity index (χ4v) is 2.13. The molecule has 0 bridgehead atoms. The highest BCUT2D eigenvalue weighted by atomic mass is 19.4. The van der Waals surface area contributed by atoms with Gasteiger partial charge >= 0.3 is 6.18 Å². The van der Waals surface area contributed by atoms with E-state index in [0.717, 1.165) is 19.3 Å². The number of aliphatic hydroxyl groups is 1. The van der Waals surface area contributed by atoms with Crippen LogP contribution < -0.4 is 5.32 Å². The van der Waals surface area contributed by atoms with Crippen LogP contribution in [-0.2, 0) is 9.53 Å².